The van der Waals surface area contributed by atoms with Crippen molar-refractivity contribution >= 4 is 50.3 Å². The number of aryl methyl sites for hydroxylation is 1. The van der Waals surface area contributed by atoms with Gasteiger partial charge >= 0.3 is 0 Å². The number of nitrogens with two attached hydrogens (primary N) is 1. The lowest BCUT2D eigenvalue weighted by atomic mass is 10.0. The highest BCUT2D eigenvalue weighted by atomic mass is 32.2. The van der Waals surface area contributed by atoms with Gasteiger partial charge < -0.3 is 26.3 Å². The fraction of sp³-hybridized carbons (Fsp3) is 0.217. The van der Waals surface area contributed by atoms with Gasteiger partial charge in [-0.25, -0.2) is 9.97 Å². The molecule has 0 bridgehead atoms. The van der Waals surface area contributed by atoms with E-state index in [4.69, 9.17) is 11.1 Å². The van der Waals surface area contributed by atoms with Gasteiger partial charge in [-0.1, -0.05) is 12.1 Å². The molecule has 0 spiro atoms. The number of nitrogens with one attached hydrogen (secondary N) is 2. The van der Waals surface area contributed by atoms with Crippen LogP contribution in [0.2, 0.25) is 0 Å². The van der Waals surface area contributed by atoms with Crippen LogP contribution in [0, 0.1) is 12.3 Å². The number of aromatic nitrogens is 2. The van der Waals surface area contributed by atoms with Crippen molar-refractivity contribution in [3.63, 3.8) is 0 Å². The number of hydrogen-bond donors (Lipinski definition) is 3. The molecule has 0 saturated carbocycles. The molecule has 2 aliphatic rings. The number of hydrogen-bond acceptors (Lipinski definition) is 9. The number of fused-ring (bicyclic) bond motifs is 2. The van der Waals surface area contributed by atoms with Crippen LogP contribution in [-0.4, -0.2) is 61.6 Å². The Hall–Kier alpha value is -3.99. The van der Waals surface area contributed by atoms with Crippen LogP contribution in [0.25, 0.3) is 16.6 Å². The summed E-state index contributed by atoms with van der Waals surface area (Å²) in [6.45, 7) is 4.38. The van der Waals surface area contributed by atoms with Gasteiger partial charge in [-0.05, 0) is 48.4 Å². The third kappa shape index (κ3) is 3.83. The Labute approximate surface area is 197 Å². The molecule has 174 valence electrons. The summed E-state index contributed by atoms with van der Waals surface area (Å²) in [5, 5.41) is 11.3. The topological polar surface area (TPSA) is 141 Å². The molecule has 2 aliphatic heterocycles. The number of piperazine rings is 1. The molecule has 0 radical (unpaired) electrons. The number of benzene rings is 2. The number of guanidine groups is 1. The number of sulfonamides is 1. The largest absolute Gasteiger partial charge is 0.398 e. The van der Waals surface area contributed by atoms with Crippen molar-refractivity contribution in [2.75, 3.05) is 36.4 Å². The summed E-state index contributed by atoms with van der Waals surface area (Å²) < 4.78 is 29.2. The number of para-hydroxylation sites is 1. The normalized spacial score (nSPS) is 17.7. The molecule has 4 N–H and O–H groups in total. The summed E-state index contributed by atoms with van der Waals surface area (Å²) in [4.78, 5) is 13.3. The van der Waals surface area contributed by atoms with Crippen LogP contribution in [0.15, 0.2) is 58.1 Å². The molecule has 1 aromatic heterocycles. The molecule has 0 atom stereocenters. The van der Waals surface area contributed by atoms with Crippen LogP contribution in [0.3, 0.4) is 0 Å². The molecule has 34 heavy (non-hydrogen) atoms. The Morgan fingerprint density at radius 3 is 2.62 bits per heavy atom. The van der Waals surface area contributed by atoms with E-state index in [9.17, 15) is 8.42 Å². The van der Waals surface area contributed by atoms with Gasteiger partial charge in [-0.15, -0.1) is 4.40 Å². The lowest BCUT2D eigenvalue weighted by Gasteiger charge is -2.38. The second kappa shape index (κ2) is 8.41. The summed E-state index contributed by atoms with van der Waals surface area (Å²) in [5.41, 5.74) is 9.80. The van der Waals surface area contributed by atoms with Gasteiger partial charge in [-0.2, -0.15) is 8.42 Å². The first kappa shape index (κ1) is 21.8. The van der Waals surface area contributed by atoms with E-state index in [0.29, 0.717) is 43.5 Å². The third-order valence-electron chi connectivity index (χ3n) is 6.00. The van der Waals surface area contributed by atoms with E-state index in [2.05, 4.69) is 24.6 Å². The minimum absolute atomic E-state index is 0.187. The van der Waals surface area contributed by atoms with Gasteiger partial charge in [0.1, 0.15) is 17.0 Å². The SMILES string of the molecule is Cc1cc(/C(N)=C/C=N)cc2c(N3CCN(C4=NS(=O)(=O)c5ccccc5N4)CC3)ncnc12. The van der Waals surface area contributed by atoms with Crippen molar-refractivity contribution in [1.82, 2.24) is 14.9 Å². The first-order valence-electron chi connectivity index (χ1n) is 10.8. The molecule has 3 heterocycles. The monoisotopic (exact) mass is 476 g/mol. The number of anilines is 2. The minimum Gasteiger partial charge on any atom is -0.398 e. The molecular weight excluding hydrogens is 452 g/mol. The summed E-state index contributed by atoms with van der Waals surface area (Å²) in [7, 11) is -3.74. The summed E-state index contributed by atoms with van der Waals surface area (Å²) >= 11 is 0. The maximum absolute atomic E-state index is 12.6. The van der Waals surface area contributed by atoms with Gasteiger partial charge in [0, 0.05) is 43.5 Å². The van der Waals surface area contributed by atoms with Crippen LogP contribution < -0.4 is 16.0 Å². The van der Waals surface area contributed by atoms with Gasteiger partial charge in [0.05, 0.1) is 11.2 Å². The van der Waals surface area contributed by atoms with Gasteiger partial charge in [0.15, 0.2) is 0 Å². The summed E-state index contributed by atoms with van der Waals surface area (Å²) in [6.07, 6.45) is 4.27. The van der Waals surface area contributed by atoms with E-state index in [1.165, 1.54) is 0 Å². The van der Waals surface area contributed by atoms with Crippen LogP contribution in [-0.2, 0) is 10.0 Å². The van der Waals surface area contributed by atoms with Crippen LogP contribution in [0.5, 0.6) is 0 Å². The highest BCUT2D eigenvalue weighted by Crippen LogP contribution is 2.30. The van der Waals surface area contributed by atoms with Crippen LogP contribution in [0.1, 0.15) is 11.1 Å². The zero-order valence-electron chi connectivity index (χ0n) is 18.6. The second-order valence-electron chi connectivity index (χ2n) is 8.16. The fourth-order valence-corrected chi connectivity index (χ4v) is 5.44. The molecule has 1 saturated heterocycles. The Balaban J connectivity index is 1.41. The Bertz CT molecular complexity index is 1460. The zero-order valence-corrected chi connectivity index (χ0v) is 19.4. The average Bonchev–Trinajstić information content (AvgIpc) is 2.83. The van der Waals surface area contributed by atoms with Crippen LogP contribution >= 0.6 is 0 Å². The fourth-order valence-electron chi connectivity index (χ4n) is 4.30. The highest BCUT2D eigenvalue weighted by Gasteiger charge is 2.29. The molecule has 11 heteroatoms. The molecular formula is C23H24N8O2S. The zero-order chi connectivity index (χ0) is 23.9. The Morgan fingerprint density at radius 2 is 1.85 bits per heavy atom. The van der Waals surface area contributed by atoms with E-state index in [1.807, 2.05) is 24.0 Å². The number of rotatable bonds is 3. The predicted octanol–water partition coefficient (Wildman–Crippen LogP) is 2.18. The van der Waals surface area contributed by atoms with E-state index in [1.54, 1.807) is 36.7 Å². The summed E-state index contributed by atoms with van der Waals surface area (Å²) in [6, 6.07) is 10.7. The average molecular weight is 477 g/mol. The minimum atomic E-state index is -3.74. The first-order valence-corrected chi connectivity index (χ1v) is 12.2. The molecule has 1 fully saturated rings. The highest BCUT2D eigenvalue weighted by molar-refractivity contribution is 7.90. The third-order valence-corrected chi connectivity index (χ3v) is 7.33. The van der Waals surface area contributed by atoms with Gasteiger partial charge in [0.25, 0.3) is 10.0 Å². The second-order valence-corrected chi connectivity index (χ2v) is 9.73. The first-order chi connectivity index (χ1) is 16.4. The van der Waals surface area contributed by atoms with Gasteiger partial charge in [0.2, 0.25) is 5.96 Å². The smallest absolute Gasteiger partial charge is 0.287 e. The number of allylic oxidation sites excluding steroid dienone is 1. The van der Waals surface area contributed by atoms with Crippen molar-refractivity contribution < 1.29 is 8.42 Å². The van der Waals surface area contributed by atoms with Gasteiger partial charge in [-0.3, -0.25) is 0 Å². The van der Waals surface area contributed by atoms with Crippen molar-refractivity contribution in [2.24, 2.45) is 10.1 Å². The molecule has 0 unspecified atom stereocenters. The summed E-state index contributed by atoms with van der Waals surface area (Å²) in [5.74, 6) is 1.14. The van der Waals surface area contributed by atoms with E-state index in [0.717, 1.165) is 34.1 Å². The maximum atomic E-state index is 12.6. The van der Waals surface area contributed by atoms with E-state index in [-0.39, 0.29) is 4.90 Å². The standard InChI is InChI=1S/C23H24N8O2S/c1-15-12-16(18(25)6-7-24)13-17-21(15)26-14-27-22(17)30-8-10-31(11-9-30)23-28-19-4-2-3-5-20(19)34(32,33)29-23/h2-7,12-14,24H,8-11,25H2,1H3,(H,28,29)/b18-6-,24-7?. The quantitative estimate of drug-likeness (QED) is 0.489. The van der Waals surface area contributed by atoms with Crippen LogP contribution in [0.4, 0.5) is 11.5 Å². The van der Waals surface area contributed by atoms with Crippen molar-refractivity contribution in [3.05, 3.63) is 59.9 Å². The molecule has 2 aromatic carbocycles. The lowest BCUT2D eigenvalue weighted by molar-refractivity contribution is 0.384. The molecule has 0 amide bonds. The lowest BCUT2D eigenvalue weighted by Crippen LogP contribution is -2.51. The molecule has 5 rings (SSSR count). The van der Waals surface area contributed by atoms with Crippen molar-refractivity contribution in [1.29, 1.82) is 5.41 Å². The van der Waals surface area contributed by atoms with E-state index >= 15 is 0 Å². The molecule has 10 nitrogen and oxygen atoms in total. The molecule has 3 aromatic rings. The van der Waals surface area contributed by atoms with E-state index < -0.39 is 10.0 Å². The van der Waals surface area contributed by atoms with Crippen molar-refractivity contribution in [2.45, 2.75) is 11.8 Å². The number of nitrogens with zero attached hydrogens (tertiary/aromatic N) is 5. The maximum Gasteiger partial charge on any atom is 0.287 e. The Kier molecular flexibility index (Phi) is 5.40. The predicted molar refractivity (Wildman–Crippen MR) is 134 cm³/mol. The molecule has 0 aliphatic carbocycles. The Morgan fingerprint density at radius 1 is 1.12 bits per heavy atom. The van der Waals surface area contributed by atoms with Crippen molar-refractivity contribution in [3.8, 4) is 0 Å².